The van der Waals surface area contributed by atoms with E-state index in [1.165, 1.54) is 17.1 Å². The lowest BCUT2D eigenvalue weighted by atomic mass is 10.3. The van der Waals surface area contributed by atoms with Gasteiger partial charge in [0.15, 0.2) is 0 Å². The molecule has 3 aromatic heterocycles. The summed E-state index contributed by atoms with van der Waals surface area (Å²) in [6.45, 7) is 0.449. The van der Waals surface area contributed by atoms with Crippen LogP contribution in [-0.4, -0.2) is 29.5 Å². The van der Waals surface area contributed by atoms with Crippen LogP contribution < -0.4 is 5.73 Å². The second kappa shape index (κ2) is 5.82. The molecular weight excluding hydrogens is 424 g/mol. The summed E-state index contributed by atoms with van der Waals surface area (Å²) in [5, 5.41) is 8.94. The third-order valence-electron chi connectivity index (χ3n) is 3.61. The van der Waals surface area contributed by atoms with Crippen molar-refractivity contribution in [3.63, 3.8) is 0 Å². The van der Waals surface area contributed by atoms with E-state index in [1.807, 2.05) is 10.8 Å². The molecule has 4 aromatic rings. The molecule has 0 aliphatic carbocycles. The van der Waals surface area contributed by atoms with Crippen molar-refractivity contribution in [2.24, 2.45) is 0 Å². The summed E-state index contributed by atoms with van der Waals surface area (Å²) in [5.41, 5.74) is 7.69. The molecule has 0 fully saturated rings. The number of rotatable bonds is 3. The number of anilines is 1. The van der Waals surface area contributed by atoms with Crippen LogP contribution in [0.2, 0.25) is 0 Å². The number of para-hydroxylation sites is 1. The summed E-state index contributed by atoms with van der Waals surface area (Å²) in [6.07, 6.45) is 5.06. The molecule has 4 rings (SSSR count). The molecule has 0 atom stereocenters. The first-order valence-electron chi connectivity index (χ1n) is 7.04. The molecule has 0 radical (unpaired) electrons. The van der Waals surface area contributed by atoms with Gasteiger partial charge in [-0.05, 0) is 34.7 Å². The van der Waals surface area contributed by atoms with Gasteiger partial charge in [0, 0.05) is 9.77 Å². The molecule has 2 N–H and O–H groups in total. The van der Waals surface area contributed by atoms with E-state index in [4.69, 9.17) is 5.73 Å². The minimum absolute atomic E-state index is 0.351. The zero-order chi connectivity index (χ0) is 16.7. The largest absolute Gasteiger partial charge is 0.383 e. The molecular formula is C15H11FIN7. The Kier molecular flexibility index (Phi) is 3.63. The summed E-state index contributed by atoms with van der Waals surface area (Å²) in [4.78, 5) is 8.31. The summed E-state index contributed by atoms with van der Waals surface area (Å²) >= 11 is 2.19. The normalized spacial score (nSPS) is 11.2. The lowest BCUT2D eigenvalue weighted by Gasteiger charge is -2.02. The molecule has 0 amide bonds. The van der Waals surface area contributed by atoms with Gasteiger partial charge in [-0.1, -0.05) is 17.3 Å². The summed E-state index contributed by atoms with van der Waals surface area (Å²) in [6, 6.07) is 6.42. The van der Waals surface area contributed by atoms with Crippen molar-refractivity contribution in [1.82, 2.24) is 29.5 Å². The van der Waals surface area contributed by atoms with Crippen molar-refractivity contribution in [2.75, 3.05) is 5.73 Å². The van der Waals surface area contributed by atoms with Crippen molar-refractivity contribution < 1.29 is 4.39 Å². The van der Waals surface area contributed by atoms with E-state index >= 15 is 0 Å². The van der Waals surface area contributed by atoms with Gasteiger partial charge in [-0.15, -0.1) is 5.10 Å². The third kappa shape index (κ3) is 2.50. The Labute approximate surface area is 149 Å². The maximum atomic E-state index is 13.8. The Morgan fingerprint density at radius 1 is 1.17 bits per heavy atom. The van der Waals surface area contributed by atoms with Crippen LogP contribution in [0.25, 0.3) is 16.7 Å². The van der Waals surface area contributed by atoms with Crippen molar-refractivity contribution in [1.29, 1.82) is 0 Å². The van der Waals surface area contributed by atoms with Crippen LogP contribution in [0.15, 0.2) is 43.0 Å². The number of fused-ring (bicyclic) bond motifs is 1. The Bertz CT molecular complexity index is 1040. The van der Waals surface area contributed by atoms with E-state index in [2.05, 4.69) is 42.9 Å². The van der Waals surface area contributed by atoms with Gasteiger partial charge in [-0.25, -0.2) is 19.0 Å². The zero-order valence-corrected chi connectivity index (χ0v) is 14.4. The monoisotopic (exact) mass is 435 g/mol. The van der Waals surface area contributed by atoms with Gasteiger partial charge < -0.3 is 10.3 Å². The van der Waals surface area contributed by atoms with Crippen LogP contribution in [-0.2, 0) is 6.54 Å². The van der Waals surface area contributed by atoms with Crippen LogP contribution in [0.3, 0.4) is 0 Å². The van der Waals surface area contributed by atoms with Gasteiger partial charge in [-0.2, -0.15) is 0 Å². The molecule has 3 heterocycles. The summed E-state index contributed by atoms with van der Waals surface area (Å²) < 4.78 is 18.1. The topological polar surface area (TPSA) is 87.4 Å². The Morgan fingerprint density at radius 3 is 2.83 bits per heavy atom. The highest BCUT2D eigenvalue weighted by molar-refractivity contribution is 14.1. The highest BCUT2D eigenvalue weighted by atomic mass is 127. The number of benzene rings is 1. The fourth-order valence-corrected chi connectivity index (χ4v) is 3.37. The van der Waals surface area contributed by atoms with Crippen molar-refractivity contribution in [3.05, 3.63) is 58.1 Å². The predicted octanol–water partition coefficient (Wildman–Crippen LogP) is 2.39. The van der Waals surface area contributed by atoms with Crippen molar-refractivity contribution in [3.8, 4) is 5.69 Å². The third-order valence-corrected chi connectivity index (χ3v) is 4.43. The molecule has 9 heteroatoms. The zero-order valence-electron chi connectivity index (χ0n) is 12.3. The van der Waals surface area contributed by atoms with Gasteiger partial charge in [0.2, 0.25) is 0 Å². The van der Waals surface area contributed by atoms with E-state index < -0.39 is 0 Å². The summed E-state index contributed by atoms with van der Waals surface area (Å²) in [5.74, 6) is 0.0913. The van der Waals surface area contributed by atoms with Crippen LogP contribution in [0.5, 0.6) is 0 Å². The van der Waals surface area contributed by atoms with Gasteiger partial charge in [0.25, 0.3) is 0 Å². The Balaban J connectivity index is 1.70. The second-order valence-corrected chi connectivity index (χ2v) is 6.33. The van der Waals surface area contributed by atoms with Gasteiger partial charge in [-0.3, -0.25) is 0 Å². The minimum Gasteiger partial charge on any atom is -0.383 e. The molecule has 0 aliphatic rings. The predicted molar refractivity (Wildman–Crippen MR) is 95.1 cm³/mol. The molecule has 24 heavy (non-hydrogen) atoms. The maximum absolute atomic E-state index is 13.8. The number of nitrogens with two attached hydrogens (primary N) is 1. The second-order valence-electron chi connectivity index (χ2n) is 5.17. The highest BCUT2D eigenvalue weighted by Gasteiger charge is 2.13. The first-order valence-corrected chi connectivity index (χ1v) is 8.12. The van der Waals surface area contributed by atoms with Crippen LogP contribution in [0, 0.1) is 9.39 Å². The Morgan fingerprint density at radius 2 is 2.00 bits per heavy atom. The molecule has 1 aromatic carbocycles. The van der Waals surface area contributed by atoms with Crippen LogP contribution in [0.1, 0.15) is 5.69 Å². The molecule has 7 nitrogen and oxygen atoms in total. The molecule has 0 bridgehead atoms. The SMILES string of the molecule is Nc1ncnc2c1c(I)cn2Cc1cn(-c2ccccc2F)nn1. The van der Waals surface area contributed by atoms with Crippen LogP contribution >= 0.6 is 22.6 Å². The number of aromatic nitrogens is 6. The first kappa shape index (κ1) is 15.0. The van der Waals surface area contributed by atoms with Gasteiger partial charge >= 0.3 is 0 Å². The molecule has 0 saturated carbocycles. The molecule has 0 saturated heterocycles. The fourth-order valence-electron chi connectivity index (χ4n) is 2.52. The summed E-state index contributed by atoms with van der Waals surface area (Å²) in [7, 11) is 0. The first-order chi connectivity index (χ1) is 11.6. The minimum atomic E-state index is -0.351. The highest BCUT2D eigenvalue weighted by Crippen LogP contribution is 2.25. The van der Waals surface area contributed by atoms with E-state index in [-0.39, 0.29) is 5.82 Å². The standard InChI is InChI=1S/C15H11FIN7/c16-10-3-1-2-4-12(10)24-6-9(21-22-24)5-23-7-11(17)13-14(18)19-8-20-15(13)23/h1-4,6-8H,5H2,(H2,18,19,20). The van der Waals surface area contributed by atoms with Crippen molar-refractivity contribution >= 4 is 39.4 Å². The molecule has 120 valence electrons. The number of halogens is 2. The van der Waals surface area contributed by atoms with E-state index in [0.29, 0.717) is 23.7 Å². The fraction of sp³-hybridized carbons (Fsp3) is 0.0667. The van der Waals surface area contributed by atoms with E-state index in [1.54, 1.807) is 24.4 Å². The average Bonchev–Trinajstić information content (AvgIpc) is 3.14. The number of nitrogens with zero attached hydrogens (tertiary/aromatic N) is 6. The smallest absolute Gasteiger partial charge is 0.148 e. The number of hydrogen-bond acceptors (Lipinski definition) is 5. The quantitative estimate of drug-likeness (QED) is 0.500. The molecule has 0 aliphatic heterocycles. The van der Waals surface area contributed by atoms with E-state index in [0.717, 1.165) is 14.6 Å². The van der Waals surface area contributed by atoms with Crippen molar-refractivity contribution in [2.45, 2.75) is 6.54 Å². The Hall–Kier alpha value is -2.56. The molecule has 0 spiro atoms. The lowest BCUT2D eigenvalue weighted by Crippen LogP contribution is -2.01. The number of hydrogen-bond donors (Lipinski definition) is 1. The lowest BCUT2D eigenvalue weighted by molar-refractivity contribution is 0.607. The maximum Gasteiger partial charge on any atom is 0.148 e. The van der Waals surface area contributed by atoms with Gasteiger partial charge in [0.05, 0.1) is 18.1 Å². The van der Waals surface area contributed by atoms with Gasteiger partial charge in [0.1, 0.15) is 35.0 Å². The van der Waals surface area contributed by atoms with E-state index in [9.17, 15) is 4.39 Å². The number of nitrogen functional groups attached to an aromatic ring is 1. The average molecular weight is 435 g/mol. The van der Waals surface area contributed by atoms with Crippen LogP contribution in [0.4, 0.5) is 10.2 Å². The molecule has 0 unspecified atom stereocenters.